The first-order valence-corrected chi connectivity index (χ1v) is 6.45. The summed E-state index contributed by atoms with van der Waals surface area (Å²) >= 11 is 0. The zero-order chi connectivity index (χ0) is 13.1. The lowest BCUT2D eigenvalue weighted by Crippen LogP contribution is -2.30. The van der Waals surface area contributed by atoms with E-state index in [0.29, 0.717) is 13.0 Å². The SMILES string of the molecule is CN(CCCN)S(=O)(=O)c1c(F)cccc1F. The summed E-state index contributed by atoms with van der Waals surface area (Å²) in [5, 5.41) is 0. The quantitative estimate of drug-likeness (QED) is 0.860. The smallest absolute Gasteiger partial charge is 0.248 e. The van der Waals surface area contributed by atoms with Gasteiger partial charge in [0.2, 0.25) is 10.0 Å². The topological polar surface area (TPSA) is 63.4 Å². The molecule has 0 radical (unpaired) electrons. The zero-order valence-corrected chi connectivity index (χ0v) is 10.2. The van der Waals surface area contributed by atoms with Gasteiger partial charge in [-0.1, -0.05) is 6.07 Å². The highest BCUT2D eigenvalue weighted by Crippen LogP contribution is 2.21. The van der Waals surface area contributed by atoms with E-state index in [9.17, 15) is 17.2 Å². The van der Waals surface area contributed by atoms with Crippen LogP contribution in [-0.2, 0) is 10.0 Å². The number of benzene rings is 1. The van der Waals surface area contributed by atoms with Gasteiger partial charge in [0.1, 0.15) is 11.6 Å². The highest BCUT2D eigenvalue weighted by atomic mass is 32.2. The number of rotatable bonds is 5. The molecule has 0 aliphatic rings. The number of hydrogen-bond donors (Lipinski definition) is 1. The van der Waals surface area contributed by atoms with Crippen LogP contribution in [0.4, 0.5) is 8.78 Å². The lowest BCUT2D eigenvalue weighted by atomic mass is 10.3. The average Bonchev–Trinajstić information content (AvgIpc) is 2.25. The second kappa shape index (κ2) is 5.52. The summed E-state index contributed by atoms with van der Waals surface area (Å²) in [6, 6.07) is 2.93. The van der Waals surface area contributed by atoms with Crippen molar-refractivity contribution in [3.63, 3.8) is 0 Å². The minimum Gasteiger partial charge on any atom is -0.330 e. The van der Waals surface area contributed by atoms with Gasteiger partial charge in [0.05, 0.1) is 0 Å². The summed E-state index contributed by atoms with van der Waals surface area (Å²) in [6.07, 6.45) is 0.422. The number of nitrogens with two attached hydrogens (primary N) is 1. The van der Waals surface area contributed by atoms with Crippen LogP contribution < -0.4 is 5.73 Å². The molecule has 0 unspecified atom stereocenters. The number of nitrogens with zero attached hydrogens (tertiary/aromatic N) is 1. The fourth-order valence-electron chi connectivity index (χ4n) is 1.32. The summed E-state index contributed by atoms with van der Waals surface area (Å²) < 4.78 is 51.4. The summed E-state index contributed by atoms with van der Waals surface area (Å²) in [7, 11) is -2.88. The fourth-order valence-corrected chi connectivity index (χ4v) is 2.63. The lowest BCUT2D eigenvalue weighted by Gasteiger charge is -2.17. The van der Waals surface area contributed by atoms with Crippen LogP contribution in [0.3, 0.4) is 0 Å². The van der Waals surface area contributed by atoms with Crippen LogP contribution in [0.5, 0.6) is 0 Å². The van der Waals surface area contributed by atoms with Crippen molar-refractivity contribution in [3.8, 4) is 0 Å². The summed E-state index contributed by atoms with van der Waals surface area (Å²) in [5.41, 5.74) is 5.25. The van der Waals surface area contributed by atoms with Crippen molar-refractivity contribution in [2.24, 2.45) is 5.73 Å². The third-order valence-electron chi connectivity index (χ3n) is 2.26. The van der Waals surface area contributed by atoms with Gasteiger partial charge in [-0.2, -0.15) is 0 Å². The molecule has 0 aliphatic carbocycles. The van der Waals surface area contributed by atoms with Crippen molar-refractivity contribution < 1.29 is 17.2 Å². The molecule has 0 fully saturated rings. The van der Waals surface area contributed by atoms with Crippen LogP contribution in [0.2, 0.25) is 0 Å². The van der Waals surface area contributed by atoms with Crippen molar-refractivity contribution in [1.29, 1.82) is 0 Å². The van der Waals surface area contributed by atoms with Crippen LogP contribution in [0, 0.1) is 11.6 Å². The van der Waals surface area contributed by atoms with Crippen molar-refractivity contribution in [2.75, 3.05) is 20.1 Å². The zero-order valence-electron chi connectivity index (χ0n) is 9.36. The standard InChI is InChI=1S/C10H14F2N2O2S/c1-14(7-3-6-13)17(15,16)10-8(11)4-2-5-9(10)12/h2,4-5H,3,6-7,13H2,1H3. The Bertz CT molecular complexity index is 471. The Morgan fingerprint density at radius 2 is 1.82 bits per heavy atom. The van der Waals surface area contributed by atoms with Crippen LogP contribution in [-0.4, -0.2) is 32.9 Å². The minimum atomic E-state index is -4.14. The Morgan fingerprint density at radius 3 is 2.29 bits per heavy atom. The van der Waals surface area contributed by atoms with Gasteiger partial charge in [-0.25, -0.2) is 21.5 Å². The molecule has 4 nitrogen and oxygen atoms in total. The van der Waals surface area contributed by atoms with E-state index in [0.717, 1.165) is 22.5 Å². The van der Waals surface area contributed by atoms with Gasteiger partial charge >= 0.3 is 0 Å². The Kier molecular flexibility index (Phi) is 4.55. The van der Waals surface area contributed by atoms with E-state index in [2.05, 4.69) is 0 Å². The van der Waals surface area contributed by atoms with Gasteiger partial charge < -0.3 is 5.73 Å². The predicted octanol–water partition coefficient (Wildman–Crippen LogP) is 0.934. The molecule has 0 heterocycles. The molecule has 0 spiro atoms. The molecule has 1 rings (SSSR count). The maximum absolute atomic E-state index is 13.4. The van der Waals surface area contributed by atoms with E-state index in [4.69, 9.17) is 5.73 Å². The summed E-state index contributed by atoms with van der Waals surface area (Å²) in [6.45, 7) is 0.423. The van der Waals surface area contributed by atoms with E-state index in [1.807, 2.05) is 0 Å². The maximum atomic E-state index is 13.4. The lowest BCUT2D eigenvalue weighted by molar-refractivity contribution is 0.446. The molecular formula is C10H14F2N2O2S. The maximum Gasteiger partial charge on any atom is 0.248 e. The van der Waals surface area contributed by atoms with Gasteiger partial charge in [0.25, 0.3) is 0 Å². The number of sulfonamides is 1. The molecule has 7 heteroatoms. The van der Waals surface area contributed by atoms with E-state index in [1.165, 1.54) is 7.05 Å². The molecule has 0 amide bonds. The number of hydrogen-bond acceptors (Lipinski definition) is 3. The van der Waals surface area contributed by atoms with E-state index in [-0.39, 0.29) is 6.54 Å². The Hall–Kier alpha value is -1.05. The summed E-state index contributed by atoms with van der Waals surface area (Å²) in [4.78, 5) is -0.917. The molecule has 0 aliphatic heterocycles. The van der Waals surface area contributed by atoms with Crippen LogP contribution in [0.25, 0.3) is 0 Å². The first-order chi connectivity index (χ1) is 7.91. The largest absolute Gasteiger partial charge is 0.330 e. The Labute approximate surface area is 99.1 Å². The molecular weight excluding hydrogens is 250 g/mol. The van der Waals surface area contributed by atoms with Gasteiger partial charge in [-0.05, 0) is 25.1 Å². The molecule has 0 aromatic heterocycles. The molecule has 17 heavy (non-hydrogen) atoms. The van der Waals surface area contributed by atoms with Gasteiger partial charge in [0.15, 0.2) is 4.90 Å². The predicted molar refractivity (Wildman–Crippen MR) is 59.8 cm³/mol. The molecule has 96 valence electrons. The molecule has 1 aromatic carbocycles. The molecule has 0 bridgehead atoms. The molecule has 0 saturated heterocycles. The van der Waals surface area contributed by atoms with Crippen molar-refractivity contribution in [1.82, 2.24) is 4.31 Å². The van der Waals surface area contributed by atoms with Crippen LogP contribution >= 0.6 is 0 Å². The van der Waals surface area contributed by atoms with Crippen LogP contribution in [0.1, 0.15) is 6.42 Å². The van der Waals surface area contributed by atoms with E-state index >= 15 is 0 Å². The Balaban J connectivity index is 3.13. The molecule has 0 atom stereocenters. The highest BCUT2D eigenvalue weighted by Gasteiger charge is 2.27. The molecule has 0 saturated carbocycles. The third kappa shape index (κ3) is 2.99. The van der Waals surface area contributed by atoms with Crippen molar-refractivity contribution >= 4 is 10.0 Å². The van der Waals surface area contributed by atoms with Gasteiger partial charge in [-0.3, -0.25) is 0 Å². The fraction of sp³-hybridized carbons (Fsp3) is 0.400. The Morgan fingerprint density at radius 1 is 1.29 bits per heavy atom. The minimum absolute atomic E-state index is 0.118. The van der Waals surface area contributed by atoms with E-state index in [1.54, 1.807) is 0 Å². The van der Waals surface area contributed by atoms with Crippen molar-refractivity contribution in [3.05, 3.63) is 29.8 Å². The molecule has 1 aromatic rings. The first kappa shape index (κ1) is 14.0. The van der Waals surface area contributed by atoms with Gasteiger partial charge in [-0.15, -0.1) is 0 Å². The average molecular weight is 264 g/mol. The summed E-state index contributed by atoms with van der Waals surface area (Å²) in [5.74, 6) is -2.19. The number of halogens is 2. The molecule has 2 N–H and O–H groups in total. The van der Waals surface area contributed by atoms with Crippen molar-refractivity contribution in [2.45, 2.75) is 11.3 Å². The van der Waals surface area contributed by atoms with Gasteiger partial charge in [0, 0.05) is 13.6 Å². The third-order valence-corrected chi connectivity index (χ3v) is 4.17. The first-order valence-electron chi connectivity index (χ1n) is 5.01. The normalized spacial score (nSPS) is 12.1. The second-order valence-corrected chi connectivity index (χ2v) is 5.50. The van der Waals surface area contributed by atoms with E-state index < -0.39 is 26.6 Å². The van der Waals surface area contributed by atoms with Crippen LogP contribution in [0.15, 0.2) is 23.1 Å². The highest BCUT2D eigenvalue weighted by molar-refractivity contribution is 7.89. The monoisotopic (exact) mass is 264 g/mol. The second-order valence-electron chi connectivity index (χ2n) is 3.52.